The van der Waals surface area contributed by atoms with Crippen molar-refractivity contribution in [2.45, 2.75) is 13.5 Å². The number of fused-ring (bicyclic) bond motifs is 1. The molecule has 1 amide bonds. The molecule has 150 valence electrons. The van der Waals surface area contributed by atoms with E-state index in [2.05, 4.69) is 23.6 Å². The largest absolute Gasteiger partial charge is 0.508 e. The second-order valence-electron chi connectivity index (χ2n) is 6.12. The number of primary amides is 1. The molecule has 0 radical (unpaired) electrons. The van der Waals surface area contributed by atoms with Crippen LogP contribution in [0.2, 0.25) is 5.02 Å². The highest BCUT2D eigenvalue weighted by Gasteiger charge is 2.17. The highest BCUT2D eigenvalue weighted by Crippen LogP contribution is 2.38. The number of carbonyl (C=O) groups excluding carboxylic acids is 1. The van der Waals surface area contributed by atoms with Gasteiger partial charge in [0.2, 0.25) is 0 Å². The maximum atomic E-state index is 11.4. The van der Waals surface area contributed by atoms with Crippen LogP contribution in [-0.4, -0.2) is 27.2 Å². The van der Waals surface area contributed by atoms with Crippen LogP contribution < -0.4 is 5.73 Å². The lowest BCUT2D eigenvalue weighted by Crippen LogP contribution is -2.08. The molecule has 4 rings (SSSR count). The summed E-state index contributed by atoms with van der Waals surface area (Å²) < 4.78 is 3.36. The first-order valence-corrected chi connectivity index (χ1v) is 10.4. The average Bonchev–Trinajstić information content (AvgIpc) is 3.32. The molecule has 0 aliphatic heterocycles. The third-order valence-corrected chi connectivity index (χ3v) is 6.54. The number of amides is 1. The Kier molecular flexibility index (Phi) is 6.26. The Morgan fingerprint density at radius 1 is 1.21 bits per heavy atom. The van der Waals surface area contributed by atoms with Crippen LogP contribution in [0.3, 0.4) is 0 Å². The predicted octanol–water partition coefficient (Wildman–Crippen LogP) is 4.95. The van der Waals surface area contributed by atoms with Gasteiger partial charge < -0.3 is 20.5 Å². The van der Waals surface area contributed by atoms with Gasteiger partial charge in [0.15, 0.2) is 0 Å². The molecular formula is C20H17ClN2O4S2. The lowest BCUT2D eigenvalue weighted by molar-refractivity contribution is -0.122. The Morgan fingerprint density at radius 2 is 1.93 bits per heavy atom. The first-order chi connectivity index (χ1) is 13.8. The smallest absolute Gasteiger partial charge is 0.290 e. The van der Waals surface area contributed by atoms with Gasteiger partial charge in [-0.05, 0) is 49.4 Å². The molecule has 4 aromatic rings. The van der Waals surface area contributed by atoms with Crippen molar-refractivity contribution in [3.8, 4) is 17.0 Å². The number of phenols is 1. The van der Waals surface area contributed by atoms with Crippen LogP contribution in [0.4, 0.5) is 0 Å². The summed E-state index contributed by atoms with van der Waals surface area (Å²) in [7, 11) is 0. The average molecular weight is 449 g/mol. The molecule has 6 nitrogen and oxygen atoms in total. The zero-order valence-electron chi connectivity index (χ0n) is 15.3. The summed E-state index contributed by atoms with van der Waals surface area (Å²) in [5.41, 5.74) is 8.34. The molecule has 29 heavy (non-hydrogen) atoms. The maximum absolute atomic E-state index is 11.4. The molecule has 9 heteroatoms. The highest BCUT2D eigenvalue weighted by atomic mass is 35.5. The van der Waals surface area contributed by atoms with Gasteiger partial charge in [0, 0.05) is 15.3 Å². The Balaban J connectivity index is 0.000000755. The number of rotatable bonds is 4. The topological polar surface area (TPSA) is 106 Å². The van der Waals surface area contributed by atoms with E-state index in [4.69, 9.17) is 27.2 Å². The van der Waals surface area contributed by atoms with E-state index in [1.165, 1.54) is 20.9 Å². The Labute approximate surface area is 179 Å². The molecule has 0 bridgehead atoms. The van der Waals surface area contributed by atoms with E-state index in [0.717, 1.165) is 21.7 Å². The van der Waals surface area contributed by atoms with Gasteiger partial charge in [-0.1, -0.05) is 11.6 Å². The summed E-state index contributed by atoms with van der Waals surface area (Å²) in [6.07, 6.45) is 0. The fraction of sp³-hybridized carbons (Fsp3) is 0.100. The van der Waals surface area contributed by atoms with Gasteiger partial charge in [0.1, 0.15) is 5.75 Å². The highest BCUT2D eigenvalue weighted by molar-refractivity contribution is 7.19. The van der Waals surface area contributed by atoms with E-state index in [0.29, 0.717) is 16.4 Å². The van der Waals surface area contributed by atoms with Crippen LogP contribution in [0.25, 0.3) is 21.5 Å². The molecular weight excluding hydrogens is 432 g/mol. The fourth-order valence-corrected chi connectivity index (χ4v) is 5.10. The third-order valence-electron chi connectivity index (χ3n) is 4.16. The van der Waals surface area contributed by atoms with Gasteiger partial charge in [0.05, 0.1) is 32.4 Å². The van der Waals surface area contributed by atoms with E-state index in [-0.39, 0.29) is 12.2 Å². The van der Waals surface area contributed by atoms with Gasteiger partial charge in [-0.25, -0.2) is 0 Å². The van der Waals surface area contributed by atoms with Crippen LogP contribution in [0.1, 0.15) is 19.4 Å². The van der Waals surface area contributed by atoms with Gasteiger partial charge in [-0.3, -0.25) is 9.59 Å². The minimum absolute atomic E-state index is 0.138. The molecule has 0 saturated carbocycles. The van der Waals surface area contributed by atoms with Crippen LogP contribution in [0.5, 0.6) is 5.75 Å². The molecule has 3 heterocycles. The Bertz CT molecular complexity index is 1190. The number of thiophene rings is 2. The number of carbonyl (C=O) groups is 2. The van der Waals surface area contributed by atoms with Crippen LogP contribution in [-0.2, 0) is 11.3 Å². The summed E-state index contributed by atoms with van der Waals surface area (Å²) >= 11 is 9.51. The number of aryl methyl sites for hydroxylation is 1. The number of aromatic hydroxyl groups is 1. The molecule has 3 aromatic heterocycles. The van der Waals surface area contributed by atoms with Gasteiger partial charge in [-0.2, -0.15) is 0 Å². The van der Waals surface area contributed by atoms with Crippen LogP contribution >= 0.6 is 34.3 Å². The van der Waals surface area contributed by atoms with Crippen molar-refractivity contribution in [3.63, 3.8) is 0 Å². The number of halogens is 1. The monoisotopic (exact) mass is 448 g/mol. The van der Waals surface area contributed by atoms with E-state index >= 15 is 0 Å². The van der Waals surface area contributed by atoms with Crippen LogP contribution in [0.15, 0.2) is 42.5 Å². The molecule has 0 fully saturated rings. The summed E-state index contributed by atoms with van der Waals surface area (Å²) in [5, 5.41) is 17.0. The molecule has 1 aromatic carbocycles. The molecule has 0 spiro atoms. The summed E-state index contributed by atoms with van der Waals surface area (Å²) in [4.78, 5) is 22.6. The summed E-state index contributed by atoms with van der Waals surface area (Å²) in [6, 6.07) is 13.0. The van der Waals surface area contributed by atoms with Crippen molar-refractivity contribution >= 4 is 56.9 Å². The zero-order chi connectivity index (χ0) is 21.1. The van der Waals surface area contributed by atoms with Gasteiger partial charge >= 0.3 is 0 Å². The second-order valence-corrected chi connectivity index (χ2v) is 8.99. The standard InChI is InChI=1S/C19H15ClN2O2S2.CH2O2/c1-10-6-16-18(25-10)8-15(13-4-2-11(23)7-14(13)20)22(16)9-12-3-5-17(26-12)19(21)24;2-1-3/h2-8,23H,9H2,1H3,(H2,21,24);1H,(H,2,3). The predicted molar refractivity (Wildman–Crippen MR) is 117 cm³/mol. The normalized spacial score (nSPS) is 10.6. The van der Waals surface area contributed by atoms with Crippen molar-refractivity contribution in [3.05, 3.63) is 62.1 Å². The number of hydrogen-bond donors (Lipinski definition) is 3. The Hall–Kier alpha value is -2.81. The summed E-state index contributed by atoms with van der Waals surface area (Å²) in [6.45, 7) is 2.45. The van der Waals surface area contributed by atoms with E-state index in [1.807, 2.05) is 12.1 Å². The number of nitrogens with two attached hydrogens (primary N) is 1. The first-order valence-electron chi connectivity index (χ1n) is 8.39. The number of nitrogens with zero attached hydrogens (tertiary/aromatic N) is 1. The Morgan fingerprint density at radius 3 is 2.55 bits per heavy atom. The van der Waals surface area contributed by atoms with Crippen molar-refractivity contribution in [2.75, 3.05) is 0 Å². The first kappa shape index (κ1) is 20.9. The molecule has 4 N–H and O–H groups in total. The SMILES string of the molecule is Cc1cc2c(cc(-c3ccc(O)cc3Cl)n2Cc2ccc(C(N)=O)s2)s1.O=CO. The van der Waals surface area contributed by atoms with Gasteiger partial charge in [-0.15, -0.1) is 22.7 Å². The van der Waals surface area contributed by atoms with Crippen molar-refractivity contribution in [1.29, 1.82) is 0 Å². The van der Waals surface area contributed by atoms with E-state index < -0.39 is 5.91 Å². The zero-order valence-corrected chi connectivity index (χ0v) is 17.6. The van der Waals surface area contributed by atoms with Crippen LogP contribution in [0, 0.1) is 6.92 Å². The number of aromatic nitrogens is 1. The number of benzene rings is 1. The van der Waals surface area contributed by atoms with Crippen molar-refractivity contribution in [2.24, 2.45) is 5.73 Å². The van der Waals surface area contributed by atoms with E-state index in [9.17, 15) is 9.90 Å². The quantitative estimate of drug-likeness (QED) is 0.384. The molecule has 0 atom stereocenters. The fourth-order valence-electron chi connectivity index (χ4n) is 3.02. The third kappa shape index (κ3) is 4.45. The summed E-state index contributed by atoms with van der Waals surface area (Å²) in [5.74, 6) is -0.272. The number of carboxylic acid groups (broad SMARTS) is 1. The minimum Gasteiger partial charge on any atom is -0.508 e. The number of phenolic OH excluding ortho intramolecular Hbond substituents is 1. The minimum atomic E-state index is -0.410. The molecule has 0 unspecified atom stereocenters. The van der Waals surface area contributed by atoms with E-state index in [1.54, 1.807) is 29.5 Å². The lowest BCUT2D eigenvalue weighted by Gasteiger charge is -2.11. The maximum Gasteiger partial charge on any atom is 0.290 e. The molecule has 0 saturated heterocycles. The van der Waals surface area contributed by atoms with Crippen molar-refractivity contribution in [1.82, 2.24) is 4.57 Å². The second kappa shape index (κ2) is 8.69. The van der Waals surface area contributed by atoms with Gasteiger partial charge in [0.25, 0.3) is 12.4 Å². The van der Waals surface area contributed by atoms with Crippen molar-refractivity contribution < 1.29 is 19.8 Å². The number of hydrogen-bond acceptors (Lipinski definition) is 5. The lowest BCUT2D eigenvalue weighted by atomic mass is 10.1. The molecule has 0 aliphatic carbocycles. The molecule has 0 aliphatic rings.